The molecule has 2 N–H and O–H groups in total. The number of anilines is 1. The predicted molar refractivity (Wildman–Crippen MR) is 81.9 cm³/mol. The zero-order valence-electron chi connectivity index (χ0n) is 12.8. The van der Waals surface area contributed by atoms with E-state index < -0.39 is 0 Å². The van der Waals surface area contributed by atoms with Crippen molar-refractivity contribution in [2.24, 2.45) is 0 Å². The Hall–Kier alpha value is -2.17. The summed E-state index contributed by atoms with van der Waals surface area (Å²) in [5.41, 5.74) is 8.01. The second-order valence-corrected chi connectivity index (χ2v) is 4.94. The van der Waals surface area contributed by atoms with E-state index in [4.69, 9.17) is 19.7 Å². The molecule has 0 radical (unpaired) electrons. The largest absolute Gasteiger partial charge is 0.497 e. The standard InChI is InChI=1S/C16H22N2O3/c1-4-5-14-15(21-18-16(14)17)7-6-11-8-12(19-2)10-13(9-11)20-3/h8-10H,4-7H2,1-3H3,(H2,17,18). The van der Waals surface area contributed by atoms with Crippen molar-refractivity contribution in [3.8, 4) is 11.5 Å². The number of rotatable bonds is 7. The van der Waals surface area contributed by atoms with Crippen LogP contribution < -0.4 is 15.2 Å². The first kappa shape index (κ1) is 15.2. The highest BCUT2D eigenvalue weighted by molar-refractivity contribution is 5.42. The van der Waals surface area contributed by atoms with E-state index in [-0.39, 0.29) is 0 Å². The lowest BCUT2D eigenvalue weighted by atomic mass is 10.0. The molecule has 2 aromatic rings. The molecule has 0 unspecified atom stereocenters. The zero-order valence-corrected chi connectivity index (χ0v) is 12.8. The van der Waals surface area contributed by atoms with Crippen LogP contribution in [-0.2, 0) is 19.3 Å². The van der Waals surface area contributed by atoms with Crippen molar-refractivity contribution in [3.05, 3.63) is 35.1 Å². The third kappa shape index (κ3) is 3.68. The topological polar surface area (TPSA) is 70.5 Å². The van der Waals surface area contributed by atoms with Gasteiger partial charge < -0.3 is 19.7 Å². The van der Waals surface area contributed by atoms with E-state index in [1.807, 2.05) is 18.2 Å². The van der Waals surface area contributed by atoms with Gasteiger partial charge in [0.1, 0.15) is 17.3 Å². The Morgan fingerprint density at radius 3 is 2.29 bits per heavy atom. The van der Waals surface area contributed by atoms with E-state index in [9.17, 15) is 0 Å². The Morgan fingerprint density at radius 1 is 1.05 bits per heavy atom. The first-order valence-corrected chi connectivity index (χ1v) is 7.12. The van der Waals surface area contributed by atoms with Crippen LogP contribution in [-0.4, -0.2) is 19.4 Å². The summed E-state index contributed by atoms with van der Waals surface area (Å²) in [5.74, 6) is 2.96. The molecule has 0 atom stereocenters. The van der Waals surface area contributed by atoms with Gasteiger partial charge in [0.25, 0.3) is 0 Å². The minimum Gasteiger partial charge on any atom is -0.497 e. The molecule has 0 fully saturated rings. The molecular weight excluding hydrogens is 268 g/mol. The van der Waals surface area contributed by atoms with Gasteiger partial charge in [-0.25, -0.2) is 0 Å². The summed E-state index contributed by atoms with van der Waals surface area (Å²) in [6.45, 7) is 2.11. The van der Waals surface area contributed by atoms with E-state index in [1.54, 1.807) is 14.2 Å². The fraction of sp³-hybridized carbons (Fsp3) is 0.438. The van der Waals surface area contributed by atoms with Gasteiger partial charge in [-0.3, -0.25) is 0 Å². The monoisotopic (exact) mass is 290 g/mol. The number of aryl methyl sites for hydroxylation is 2. The number of benzene rings is 1. The SMILES string of the molecule is CCCc1c(N)noc1CCc1cc(OC)cc(OC)c1. The second kappa shape index (κ2) is 7.02. The van der Waals surface area contributed by atoms with Gasteiger partial charge in [-0.15, -0.1) is 0 Å². The quantitative estimate of drug-likeness (QED) is 0.848. The molecule has 114 valence electrons. The molecule has 0 saturated carbocycles. The van der Waals surface area contributed by atoms with Gasteiger partial charge >= 0.3 is 0 Å². The second-order valence-electron chi connectivity index (χ2n) is 4.94. The molecule has 0 aliphatic heterocycles. The summed E-state index contributed by atoms with van der Waals surface area (Å²) >= 11 is 0. The average molecular weight is 290 g/mol. The summed E-state index contributed by atoms with van der Waals surface area (Å²) in [6, 6.07) is 5.86. The number of hydrogen-bond donors (Lipinski definition) is 1. The van der Waals surface area contributed by atoms with Crippen LogP contribution in [0.15, 0.2) is 22.7 Å². The van der Waals surface area contributed by atoms with Crippen molar-refractivity contribution >= 4 is 5.82 Å². The maximum absolute atomic E-state index is 5.84. The number of nitrogens with zero attached hydrogens (tertiary/aromatic N) is 1. The summed E-state index contributed by atoms with van der Waals surface area (Å²) < 4.78 is 15.9. The molecule has 5 nitrogen and oxygen atoms in total. The molecule has 0 bridgehead atoms. The van der Waals surface area contributed by atoms with Crippen LogP contribution in [0.2, 0.25) is 0 Å². The van der Waals surface area contributed by atoms with Crippen molar-refractivity contribution in [3.63, 3.8) is 0 Å². The highest BCUT2D eigenvalue weighted by Crippen LogP contribution is 2.25. The Balaban J connectivity index is 2.12. The van der Waals surface area contributed by atoms with Gasteiger partial charge in [-0.2, -0.15) is 0 Å². The lowest BCUT2D eigenvalue weighted by Gasteiger charge is -2.08. The molecular formula is C16H22N2O3. The molecule has 5 heteroatoms. The van der Waals surface area contributed by atoms with E-state index in [0.717, 1.165) is 54.1 Å². The van der Waals surface area contributed by atoms with Crippen LogP contribution in [0, 0.1) is 0 Å². The molecule has 1 aromatic carbocycles. The Morgan fingerprint density at radius 2 is 1.71 bits per heavy atom. The molecule has 1 heterocycles. The first-order valence-electron chi connectivity index (χ1n) is 7.12. The summed E-state index contributed by atoms with van der Waals surface area (Å²) in [4.78, 5) is 0. The molecule has 0 spiro atoms. The molecule has 21 heavy (non-hydrogen) atoms. The molecule has 0 amide bonds. The average Bonchev–Trinajstić information content (AvgIpc) is 2.86. The number of nitrogens with two attached hydrogens (primary N) is 1. The van der Waals surface area contributed by atoms with Crippen molar-refractivity contribution in [2.45, 2.75) is 32.6 Å². The van der Waals surface area contributed by atoms with Gasteiger partial charge in [0.15, 0.2) is 5.82 Å². The molecule has 0 aliphatic rings. The number of hydrogen-bond acceptors (Lipinski definition) is 5. The number of methoxy groups -OCH3 is 2. The fourth-order valence-corrected chi connectivity index (χ4v) is 2.34. The van der Waals surface area contributed by atoms with Crippen molar-refractivity contribution in [2.75, 3.05) is 20.0 Å². The minimum atomic E-state index is 0.509. The summed E-state index contributed by atoms with van der Waals surface area (Å²) in [7, 11) is 3.30. The van der Waals surface area contributed by atoms with Crippen molar-refractivity contribution < 1.29 is 14.0 Å². The lowest BCUT2D eigenvalue weighted by molar-refractivity contribution is 0.382. The van der Waals surface area contributed by atoms with Crippen LogP contribution in [0.1, 0.15) is 30.2 Å². The van der Waals surface area contributed by atoms with Crippen molar-refractivity contribution in [1.82, 2.24) is 5.16 Å². The van der Waals surface area contributed by atoms with E-state index in [2.05, 4.69) is 12.1 Å². The van der Waals surface area contributed by atoms with E-state index in [1.165, 1.54) is 0 Å². The van der Waals surface area contributed by atoms with E-state index >= 15 is 0 Å². The van der Waals surface area contributed by atoms with E-state index in [0.29, 0.717) is 5.82 Å². The van der Waals surface area contributed by atoms with Gasteiger partial charge in [0, 0.05) is 18.1 Å². The molecule has 1 aromatic heterocycles. The van der Waals surface area contributed by atoms with Crippen LogP contribution in [0.4, 0.5) is 5.82 Å². The van der Waals surface area contributed by atoms with Crippen LogP contribution in [0.3, 0.4) is 0 Å². The first-order chi connectivity index (χ1) is 10.2. The highest BCUT2D eigenvalue weighted by atomic mass is 16.5. The van der Waals surface area contributed by atoms with Gasteiger partial charge in [-0.05, 0) is 30.5 Å². The molecule has 0 saturated heterocycles. The fourth-order valence-electron chi connectivity index (χ4n) is 2.34. The lowest BCUT2D eigenvalue weighted by Crippen LogP contribution is -1.98. The zero-order chi connectivity index (χ0) is 15.2. The maximum Gasteiger partial charge on any atom is 0.170 e. The van der Waals surface area contributed by atoms with Crippen LogP contribution >= 0.6 is 0 Å². The Bertz CT molecular complexity index is 571. The normalized spacial score (nSPS) is 10.6. The van der Waals surface area contributed by atoms with Gasteiger partial charge in [0.2, 0.25) is 0 Å². The Labute approximate surface area is 125 Å². The maximum atomic E-state index is 5.84. The van der Waals surface area contributed by atoms with Gasteiger partial charge in [0.05, 0.1) is 14.2 Å². The third-order valence-electron chi connectivity index (χ3n) is 3.45. The summed E-state index contributed by atoms with van der Waals surface area (Å²) in [5, 5.41) is 3.87. The van der Waals surface area contributed by atoms with Crippen LogP contribution in [0.25, 0.3) is 0 Å². The smallest absolute Gasteiger partial charge is 0.170 e. The van der Waals surface area contributed by atoms with Crippen molar-refractivity contribution in [1.29, 1.82) is 0 Å². The minimum absolute atomic E-state index is 0.509. The number of aromatic nitrogens is 1. The predicted octanol–water partition coefficient (Wildman–Crippen LogP) is 3.01. The Kier molecular flexibility index (Phi) is 5.09. The number of nitrogen functional groups attached to an aromatic ring is 1. The number of ether oxygens (including phenoxy) is 2. The van der Waals surface area contributed by atoms with Crippen LogP contribution in [0.5, 0.6) is 11.5 Å². The highest BCUT2D eigenvalue weighted by Gasteiger charge is 2.13. The summed E-state index contributed by atoms with van der Waals surface area (Å²) in [6.07, 6.45) is 3.49. The van der Waals surface area contributed by atoms with Gasteiger partial charge in [-0.1, -0.05) is 18.5 Å². The third-order valence-corrected chi connectivity index (χ3v) is 3.45. The molecule has 0 aliphatic carbocycles. The molecule has 2 rings (SSSR count).